The van der Waals surface area contributed by atoms with Crippen LogP contribution in [0.1, 0.15) is 22.9 Å². The zero-order valence-electron chi connectivity index (χ0n) is 16.5. The highest BCUT2D eigenvalue weighted by molar-refractivity contribution is 5.89. The lowest BCUT2D eigenvalue weighted by Crippen LogP contribution is -2.43. The van der Waals surface area contributed by atoms with Crippen molar-refractivity contribution in [3.63, 3.8) is 0 Å². The number of hydrogen-bond acceptors (Lipinski definition) is 3. The Morgan fingerprint density at radius 3 is 2.10 bits per heavy atom. The Morgan fingerprint density at radius 2 is 1.45 bits per heavy atom. The molecule has 1 aliphatic rings. The van der Waals surface area contributed by atoms with E-state index in [4.69, 9.17) is 4.98 Å². The van der Waals surface area contributed by atoms with Crippen LogP contribution in [0.2, 0.25) is 0 Å². The SMILES string of the molecule is c1ccc(C(Cc2nc3c(N4CCNCC4)cccc3[nH]2)c2ccccc2)cc1. The van der Waals surface area contributed by atoms with Gasteiger partial charge in [-0.05, 0) is 23.3 Å². The van der Waals surface area contributed by atoms with Crippen molar-refractivity contribution < 1.29 is 0 Å². The monoisotopic (exact) mass is 382 g/mol. The Hall–Kier alpha value is -3.11. The van der Waals surface area contributed by atoms with Crippen LogP contribution in [0.25, 0.3) is 11.0 Å². The van der Waals surface area contributed by atoms with Crippen LogP contribution in [-0.2, 0) is 6.42 Å². The average Bonchev–Trinajstić information content (AvgIpc) is 3.22. The third-order valence-corrected chi connectivity index (χ3v) is 5.80. The molecule has 0 bridgehead atoms. The number of benzene rings is 3. The maximum atomic E-state index is 5.06. The van der Waals surface area contributed by atoms with Gasteiger partial charge in [0.2, 0.25) is 0 Å². The molecule has 4 nitrogen and oxygen atoms in total. The molecule has 5 rings (SSSR count). The first-order chi connectivity index (χ1) is 14.4. The predicted molar refractivity (Wildman–Crippen MR) is 120 cm³/mol. The minimum absolute atomic E-state index is 0.278. The quantitative estimate of drug-likeness (QED) is 0.539. The molecule has 4 heteroatoms. The third kappa shape index (κ3) is 3.76. The molecule has 0 amide bonds. The van der Waals surface area contributed by atoms with Crippen molar-refractivity contribution in [2.24, 2.45) is 0 Å². The van der Waals surface area contributed by atoms with Crippen molar-refractivity contribution in [1.82, 2.24) is 15.3 Å². The van der Waals surface area contributed by atoms with Crippen molar-refractivity contribution in [2.45, 2.75) is 12.3 Å². The number of imidazole rings is 1. The topological polar surface area (TPSA) is 44.0 Å². The van der Waals surface area contributed by atoms with Gasteiger partial charge in [-0.15, -0.1) is 0 Å². The van der Waals surface area contributed by atoms with Gasteiger partial charge in [-0.3, -0.25) is 0 Å². The van der Waals surface area contributed by atoms with E-state index in [1.165, 1.54) is 16.8 Å². The van der Waals surface area contributed by atoms with Gasteiger partial charge in [0, 0.05) is 38.5 Å². The standard InChI is InChI=1S/C25H26N4/c1-3-8-19(9-4-1)21(20-10-5-2-6-11-20)18-24-27-22-12-7-13-23(25(22)28-24)29-16-14-26-15-17-29/h1-13,21,26H,14-18H2,(H,27,28). The highest BCUT2D eigenvalue weighted by atomic mass is 15.2. The van der Waals surface area contributed by atoms with E-state index in [0.29, 0.717) is 0 Å². The predicted octanol–water partition coefficient (Wildman–Crippen LogP) is 4.35. The lowest BCUT2D eigenvalue weighted by Gasteiger charge is -2.29. The van der Waals surface area contributed by atoms with Gasteiger partial charge >= 0.3 is 0 Å². The van der Waals surface area contributed by atoms with Crippen molar-refractivity contribution in [3.05, 3.63) is 95.8 Å². The van der Waals surface area contributed by atoms with Crippen LogP contribution in [0, 0.1) is 0 Å². The van der Waals surface area contributed by atoms with Crippen LogP contribution in [0.5, 0.6) is 0 Å². The second-order valence-electron chi connectivity index (χ2n) is 7.67. The molecule has 1 aromatic heterocycles. The number of piperazine rings is 1. The summed E-state index contributed by atoms with van der Waals surface area (Å²) in [5.41, 5.74) is 6.09. The Bertz CT molecular complexity index is 1030. The van der Waals surface area contributed by atoms with Gasteiger partial charge in [-0.2, -0.15) is 0 Å². The maximum Gasteiger partial charge on any atom is 0.112 e. The number of hydrogen-bond donors (Lipinski definition) is 2. The summed E-state index contributed by atoms with van der Waals surface area (Å²) < 4.78 is 0. The molecule has 146 valence electrons. The zero-order valence-corrected chi connectivity index (χ0v) is 16.5. The molecule has 29 heavy (non-hydrogen) atoms. The van der Waals surface area contributed by atoms with Gasteiger partial charge in [0.25, 0.3) is 0 Å². The number of aromatic nitrogens is 2. The molecule has 2 N–H and O–H groups in total. The number of nitrogens with one attached hydrogen (secondary N) is 2. The van der Waals surface area contributed by atoms with Gasteiger partial charge in [-0.1, -0.05) is 66.7 Å². The molecular weight excluding hydrogens is 356 g/mol. The fourth-order valence-electron chi connectivity index (χ4n) is 4.32. The first-order valence-electron chi connectivity index (χ1n) is 10.4. The van der Waals surface area contributed by atoms with Crippen LogP contribution in [0.15, 0.2) is 78.9 Å². The number of H-pyrrole nitrogens is 1. The molecule has 0 saturated carbocycles. The molecule has 1 aliphatic heterocycles. The van der Waals surface area contributed by atoms with E-state index in [1.54, 1.807) is 0 Å². The summed E-state index contributed by atoms with van der Waals surface area (Å²) in [5, 5.41) is 3.43. The number of fused-ring (bicyclic) bond motifs is 1. The van der Waals surface area contributed by atoms with Crippen molar-refractivity contribution in [1.29, 1.82) is 0 Å². The molecule has 0 spiro atoms. The van der Waals surface area contributed by atoms with Gasteiger partial charge in [0.05, 0.1) is 11.2 Å². The Labute approximate surface area is 171 Å². The molecule has 0 aliphatic carbocycles. The normalized spacial score (nSPS) is 14.6. The molecular formula is C25H26N4. The van der Waals surface area contributed by atoms with Crippen molar-refractivity contribution in [2.75, 3.05) is 31.1 Å². The lowest BCUT2D eigenvalue weighted by atomic mass is 9.88. The van der Waals surface area contributed by atoms with E-state index in [0.717, 1.165) is 49.5 Å². The molecule has 4 aromatic rings. The smallest absolute Gasteiger partial charge is 0.112 e. The number of nitrogens with zero attached hydrogens (tertiary/aromatic N) is 2. The molecule has 3 aromatic carbocycles. The highest BCUT2D eigenvalue weighted by Gasteiger charge is 2.19. The van der Waals surface area contributed by atoms with Gasteiger partial charge in [-0.25, -0.2) is 4.98 Å². The van der Waals surface area contributed by atoms with E-state index in [-0.39, 0.29) is 5.92 Å². The van der Waals surface area contributed by atoms with E-state index >= 15 is 0 Å². The van der Waals surface area contributed by atoms with E-state index in [1.807, 2.05) is 0 Å². The van der Waals surface area contributed by atoms with Gasteiger partial charge in [0.1, 0.15) is 11.3 Å². The summed E-state index contributed by atoms with van der Waals surface area (Å²) in [5.74, 6) is 1.32. The van der Waals surface area contributed by atoms with Crippen LogP contribution in [0.4, 0.5) is 5.69 Å². The summed E-state index contributed by atoms with van der Waals surface area (Å²) >= 11 is 0. The Morgan fingerprint density at radius 1 is 0.793 bits per heavy atom. The molecule has 0 radical (unpaired) electrons. The summed E-state index contributed by atoms with van der Waals surface area (Å²) in [6.07, 6.45) is 0.851. The summed E-state index contributed by atoms with van der Waals surface area (Å²) in [4.78, 5) is 11.1. The minimum Gasteiger partial charge on any atom is -0.367 e. The molecule has 1 saturated heterocycles. The highest BCUT2D eigenvalue weighted by Crippen LogP contribution is 2.30. The largest absolute Gasteiger partial charge is 0.367 e. The van der Waals surface area contributed by atoms with E-state index in [2.05, 4.69) is 94.1 Å². The van der Waals surface area contributed by atoms with Gasteiger partial charge < -0.3 is 15.2 Å². The third-order valence-electron chi connectivity index (χ3n) is 5.80. The van der Waals surface area contributed by atoms with Crippen LogP contribution < -0.4 is 10.2 Å². The fourth-order valence-corrected chi connectivity index (χ4v) is 4.32. The van der Waals surface area contributed by atoms with E-state index in [9.17, 15) is 0 Å². The number of rotatable bonds is 5. The van der Waals surface area contributed by atoms with Crippen molar-refractivity contribution >= 4 is 16.7 Å². The van der Waals surface area contributed by atoms with Crippen LogP contribution >= 0.6 is 0 Å². The van der Waals surface area contributed by atoms with E-state index < -0.39 is 0 Å². The Kier molecular flexibility index (Phi) is 5.01. The zero-order chi connectivity index (χ0) is 19.5. The fraction of sp³-hybridized carbons (Fsp3) is 0.240. The molecule has 1 fully saturated rings. The second-order valence-corrected chi connectivity index (χ2v) is 7.67. The minimum atomic E-state index is 0.278. The number of para-hydroxylation sites is 1. The maximum absolute atomic E-state index is 5.06. The first kappa shape index (κ1) is 18.0. The molecule has 2 heterocycles. The van der Waals surface area contributed by atoms with Crippen LogP contribution in [0.3, 0.4) is 0 Å². The lowest BCUT2D eigenvalue weighted by molar-refractivity contribution is 0.590. The van der Waals surface area contributed by atoms with Gasteiger partial charge in [0.15, 0.2) is 0 Å². The summed E-state index contributed by atoms with van der Waals surface area (Å²) in [6, 6.07) is 27.9. The Balaban J connectivity index is 1.51. The molecule has 0 unspecified atom stereocenters. The number of anilines is 1. The molecule has 0 atom stereocenters. The number of aromatic amines is 1. The average molecular weight is 383 g/mol. The first-order valence-corrected chi connectivity index (χ1v) is 10.4. The summed E-state index contributed by atoms with van der Waals surface area (Å²) in [6.45, 7) is 4.10. The van der Waals surface area contributed by atoms with Crippen molar-refractivity contribution in [3.8, 4) is 0 Å². The van der Waals surface area contributed by atoms with Crippen LogP contribution in [-0.4, -0.2) is 36.1 Å². The second kappa shape index (κ2) is 8.10. The summed E-state index contributed by atoms with van der Waals surface area (Å²) in [7, 11) is 0.